The topological polar surface area (TPSA) is 0 Å². The fourth-order valence-corrected chi connectivity index (χ4v) is 7.16. The van der Waals surface area contributed by atoms with Crippen LogP contribution in [0.1, 0.15) is 6.92 Å². The van der Waals surface area contributed by atoms with Crippen molar-refractivity contribution in [2.24, 2.45) is 0 Å². The standard InChI is InChI=1S/C4H6As2/c1-4-2-3-5-6-4/h2-3,6H,1H3. The Morgan fingerprint density at radius 3 is 2.83 bits per heavy atom. The molecule has 1 rings (SSSR count). The Labute approximate surface area is 49.2 Å². The zero-order valence-electron chi connectivity index (χ0n) is 3.60. The summed E-state index contributed by atoms with van der Waals surface area (Å²) in [5.41, 5.74) is 0. The Bertz CT molecular complexity index is 102. The quantitative estimate of drug-likeness (QED) is 0.477. The van der Waals surface area contributed by atoms with Gasteiger partial charge in [0.25, 0.3) is 0 Å². The van der Waals surface area contributed by atoms with Crippen molar-refractivity contribution in [2.45, 2.75) is 6.92 Å². The normalized spacial score (nSPS) is 25.2. The number of hydrogen-bond donors (Lipinski definition) is 0. The Morgan fingerprint density at radius 1 is 1.83 bits per heavy atom. The van der Waals surface area contributed by atoms with Gasteiger partial charge in [0.2, 0.25) is 0 Å². The Morgan fingerprint density at radius 2 is 2.67 bits per heavy atom. The summed E-state index contributed by atoms with van der Waals surface area (Å²) in [4.78, 5) is 2.37. The van der Waals surface area contributed by atoms with E-state index in [1.54, 1.807) is 4.36 Å². The van der Waals surface area contributed by atoms with Crippen molar-refractivity contribution in [3.63, 3.8) is 0 Å². The Hall–Kier alpha value is 0.727. The van der Waals surface area contributed by atoms with Crippen LogP contribution in [-0.4, -0.2) is 31.7 Å². The van der Waals surface area contributed by atoms with Crippen LogP contribution in [-0.2, 0) is 0 Å². The van der Waals surface area contributed by atoms with E-state index < -0.39 is 0 Å². The maximum absolute atomic E-state index is 2.37. The van der Waals surface area contributed by atoms with Crippen molar-refractivity contribution in [1.29, 1.82) is 0 Å². The fourth-order valence-electron chi connectivity index (χ4n) is 0.325. The van der Waals surface area contributed by atoms with E-state index in [4.69, 9.17) is 0 Å². The van der Waals surface area contributed by atoms with Crippen molar-refractivity contribution >= 4 is 31.7 Å². The van der Waals surface area contributed by atoms with Crippen LogP contribution in [0.15, 0.2) is 10.4 Å². The number of rotatable bonds is 0. The molecular weight excluding hydrogens is 198 g/mol. The molecule has 0 saturated heterocycles. The second-order valence-corrected chi connectivity index (χ2v) is 9.78. The average molecular weight is 204 g/mol. The molecule has 0 aromatic carbocycles. The van der Waals surface area contributed by atoms with Gasteiger partial charge in [-0.3, -0.25) is 0 Å². The first kappa shape index (κ1) is 4.88. The second-order valence-electron chi connectivity index (χ2n) is 1.24. The predicted octanol–water partition coefficient (Wildman–Crippen LogP) is -0.238. The summed E-state index contributed by atoms with van der Waals surface area (Å²) in [6.07, 6.45) is 2.29. The molecule has 1 unspecified atom stereocenters. The monoisotopic (exact) mass is 204 g/mol. The Balaban J connectivity index is 2.61. The van der Waals surface area contributed by atoms with E-state index in [0.717, 1.165) is 13.2 Å². The van der Waals surface area contributed by atoms with Gasteiger partial charge in [-0.2, -0.15) is 0 Å². The maximum atomic E-state index is 2.37. The summed E-state index contributed by atoms with van der Waals surface area (Å²) in [5, 5.41) is 0. The molecule has 1 aliphatic heterocycles. The zero-order chi connectivity index (χ0) is 4.41. The van der Waals surface area contributed by atoms with Gasteiger partial charge in [-0.15, -0.1) is 0 Å². The van der Waals surface area contributed by atoms with Crippen molar-refractivity contribution in [1.82, 2.24) is 0 Å². The van der Waals surface area contributed by atoms with Gasteiger partial charge in [-0.1, -0.05) is 0 Å². The zero-order valence-corrected chi connectivity index (χ0v) is 7.58. The van der Waals surface area contributed by atoms with Crippen LogP contribution in [0.5, 0.6) is 0 Å². The first-order valence-corrected chi connectivity index (χ1v) is 9.80. The van der Waals surface area contributed by atoms with Crippen molar-refractivity contribution < 1.29 is 0 Å². The van der Waals surface area contributed by atoms with Gasteiger partial charge in [0.15, 0.2) is 0 Å². The molecule has 0 spiro atoms. The van der Waals surface area contributed by atoms with E-state index in [1.807, 2.05) is 0 Å². The molecule has 0 nitrogen and oxygen atoms in total. The van der Waals surface area contributed by atoms with E-state index in [9.17, 15) is 0 Å². The SMILES string of the molecule is CC1=CC=[As][AsH]1. The molecule has 0 N–H and O–H groups in total. The van der Waals surface area contributed by atoms with Gasteiger partial charge in [0, 0.05) is 0 Å². The first-order valence-electron chi connectivity index (χ1n) is 1.85. The molecule has 0 aliphatic carbocycles. The van der Waals surface area contributed by atoms with E-state index in [2.05, 4.69) is 17.8 Å². The van der Waals surface area contributed by atoms with Crippen molar-refractivity contribution in [2.75, 3.05) is 0 Å². The molecule has 1 atom stereocenters. The van der Waals surface area contributed by atoms with Crippen LogP contribution < -0.4 is 0 Å². The second kappa shape index (κ2) is 2.14. The molecule has 6 heavy (non-hydrogen) atoms. The van der Waals surface area contributed by atoms with Crippen LogP contribution in [0.3, 0.4) is 0 Å². The summed E-state index contributed by atoms with van der Waals surface area (Å²) in [6.45, 7) is 2.25. The van der Waals surface area contributed by atoms with E-state index in [0.29, 0.717) is 13.7 Å². The molecule has 0 bridgehead atoms. The van der Waals surface area contributed by atoms with E-state index >= 15 is 0 Å². The van der Waals surface area contributed by atoms with Crippen LogP contribution in [0.25, 0.3) is 0 Å². The predicted molar refractivity (Wildman–Crippen MR) is 32.7 cm³/mol. The average Bonchev–Trinajstić information content (AvgIpc) is 1.86. The van der Waals surface area contributed by atoms with Crippen molar-refractivity contribution in [3.8, 4) is 0 Å². The third-order valence-corrected chi connectivity index (χ3v) is 9.50. The molecule has 0 radical (unpaired) electrons. The third kappa shape index (κ3) is 1.10. The first-order chi connectivity index (χ1) is 2.89. The molecule has 0 fully saturated rings. The number of hydrogen-bond acceptors (Lipinski definition) is 0. The molecule has 0 aromatic heterocycles. The minimum atomic E-state index is 0.469. The minimum absolute atomic E-state index is 0.469. The van der Waals surface area contributed by atoms with Crippen molar-refractivity contribution in [3.05, 3.63) is 10.4 Å². The molecule has 1 heterocycles. The summed E-state index contributed by atoms with van der Waals surface area (Å²) in [7, 11) is 0. The molecule has 2 heteroatoms. The third-order valence-electron chi connectivity index (χ3n) is 0.640. The van der Waals surface area contributed by atoms with Crippen LogP contribution in [0.2, 0.25) is 0 Å². The molecule has 32 valence electrons. The summed E-state index contributed by atoms with van der Waals surface area (Å²) < 4.78 is 1.69. The van der Waals surface area contributed by atoms with Crippen LogP contribution in [0, 0.1) is 0 Å². The molecule has 0 saturated carbocycles. The molecule has 1 aliphatic rings. The summed E-state index contributed by atoms with van der Waals surface area (Å²) in [6, 6.07) is 0. The van der Waals surface area contributed by atoms with Gasteiger partial charge in [-0.05, 0) is 0 Å². The molecule has 0 aromatic rings. The van der Waals surface area contributed by atoms with E-state index in [-0.39, 0.29) is 0 Å². The Kier molecular flexibility index (Phi) is 1.74. The van der Waals surface area contributed by atoms with Gasteiger partial charge in [-0.25, -0.2) is 0 Å². The van der Waals surface area contributed by atoms with Gasteiger partial charge in [0.05, 0.1) is 0 Å². The van der Waals surface area contributed by atoms with Gasteiger partial charge >= 0.3 is 49.1 Å². The number of allylic oxidation sites excluding steroid dienone is 2. The molecular formula is C4H6As2. The van der Waals surface area contributed by atoms with Gasteiger partial charge in [0.1, 0.15) is 0 Å². The van der Waals surface area contributed by atoms with Crippen LogP contribution in [0.4, 0.5) is 0 Å². The van der Waals surface area contributed by atoms with E-state index in [1.165, 1.54) is 0 Å². The van der Waals surface area contributed by atoms with Gasteiger partial charge < -0.3 is 0 Å². The summed E-state index contributed by atoms with van der Waals surface area (Å²) in [5.74, 6) is 0. The molecule has 0 amide bonds. The fraction of sp³-hybridized carbons (Fsp3) is 0.250. The van der Waals surface area contributed by atoms with Crippen LogP contribution >= 0.6 is 0 Å². The summed E-state index contributed by atoms with van der Waals surface area (Å²) >= 11 is 1.19.